The van der Waals surface area contributed by atoms with E-state index in [0.717, 1.165) is 0 Å². The van der Waals surface area contributed by atoms with Crippen LogP contribution in [0.5, 0.6) is 0 Å². The molecule has 1 aliphatic heterocycles. The van der Waals surface area contributed by atoms with Crippen LogP contribution >= 0.6 is 0 Å². The molecular formula is C10H15N3O3S. The summed E-state index contributed by atoms with van der Waals surface area (Å²) in [6, 6.07) is 0. The van der Waals surface area contributed by atoms with E-state index in [1.165, 1.54) is 21.3 Å². The van der Waals surface area contributed by atoms with Gasteiger partial charge >= 0.3 is 0 Å². The highest BCUT2D eigenvalue weighted by atomic mass is 32.2. The molecule has 2 heterocycles. The molecule has 1 fully saturated rings. The molecule has 0 saturated carbocycles. The zero-order chi connectivity index (χ0) is 12.3. The lowest BCUT2D eigenvalue weighted by molar-refractivity contribution is 0.0724. The second-order valence-electron chi connectivity index (χ2n) is 3.69. The standard InChI is InChI=1S/C10H15N3O3S/c1-2-10(12-4-3-11-9-12)17(14,15)13-5-7-16-8-6-13/h2-4,9-10H,1,5-8H2. The van der Waals surface area contributed by atoms with Gasteiger partial charge in [-0.2, -0.15) is 4.31 Å². The maximum atomic E-state index is 12.4. The highest BCUT2D eigenvalue weighted by Gasteiger charge is 2.32. The largest absolute Gasteiger partial charge is 0.379 e. The van der Waals surface area contributed by atoms with Crippen LogP contribution in [-0.4, -0.2) is 48.6 Å². The van der Waals surface area contributed by atoms with Gasteiger partial charge in [0.1, 0.15) is 0 Å². The summed E-state index contributed by atoms with van der Waals surface area (Å²) < 4.78 is 32.8. The van der Waals surface area contributed by atoms with Crippen LogP contribution in [0.2, 0.25) is 0 Å². The molecule has 1 atom stereocenters. The van der Waals surface area contributed by atoms with Crippen molar-refractivity contribution in [2.45, 2.75) is 5.37 Å². The van der Waals surface area contributed by atoms with Crippen molar-refractivity contribution in [3.8, 4) is 0 Å². The van der Waals surface area contributed by atoms with Gasteiger partial charge in [0.15, 0.2) is 5.37 Å². The van der Waals surface area contributed by atoms with Crippen molar-refractivity contribution < 1.29 is 13.2 Å². The molecule has 0 bridgehead atoms. The van der Waals surface area contributed by atoms with Crippen molar-refractivity contribution in [3.63, 3.8) is 0 Å². The highest BCUT2D eigenvalue weighted by molar-refractivity contribution is 7.89. The molecule has 0 amide bonds. The first-order valence-corrected chi connectivity index (χ1v) is 6.83. The smallest absolute Gasteiger partial charge is 0.239 e. The molecule has 1 saturated heterocycles. The summed E-state index contributed by atoms with van der Waals surface area (Å²) in [6.45, 7) is 5.25. The monoisotopic (exact) mass is 257 g/mol. The van der Waals surface area contributed by atoms with E-state index in [0.29, 0.717) is 26.3 Å². The maximum Gasteiger partial charge on any atom is 0.239 e. The summed E-state index contributed by atoms with van der Waals surface area (Å²) in [5.74, 6) is 0. The molecule has 1 aromatic rings. The zero-order valence-electron chi connectivity index (χ0n) is 9.40. The number of morpholine rings is 1. The van der Waals surface area contributed by atoms with Gasteiger partial charge in [-0.25, -0.2) is 13.4 Å². The fraction of sp³-hybridized carbons (Fsp3) is 0.500. The molecule has 17 heavy (non-hydrogen) atoms. The Kier molecular flexibility index (Phi) is 3.60. The normalized spacial score (nSPS) is 20.0. The van der Waals surface area contributed by atoms with Crippen LogP contribution in [0.25, 0.3) is 0 Å². The number of rotatable bonds is 4. The Morgan fingerprint density at radius 3 is 2.65 bits per heavy atom. The average Bonchev–Trinajstić information content (AvgIpc) is 2.84. The topological polar surface area (TPSA) is 64.4 Å². The molecule has 0 radical (unpaired) electrons. The Balaban J connectivity index is 2.26. The van der Waals surface area contributed by atoms with E-state index in [9.17, 15) is 8.42 Å². The van der Waals surface area contributed by atoms with Crippen LogP contribution in [0, 0.1) is 0 Å². The van der Waals surface area contributed by atoms with Gasteiger partial charge in [0.25, 0.3) is 0 Å². The molecule has 0 spiro atoms. The van der Waals surface area contributed by atoms with E-state index < -0.39 is 15.4 Å². The molecule has 94 valence electrons. The van der Waals surface area contributed by atoms with Gasteiger partial charge < -0.3 is 9.30 Å². The van der Waals surface area contributed by atoms with E-state index in [4.69, 9.17) is 4.74 Å². The Labute approximate surface area is 101 Å². The Hall–Kier alpha value is -1.18. The van der Waals surface area contributed by atoms with Crippen LogP contribution in [0.4, 0.5) is 0 Å². The van der Waals surface area contributed by atoms with Crippen LogP contribution in [0.15, 0.2) is 31.4 Å². The van der Waals surface area contributed by atoms with Crippen molar-refractivity contribution in [2.75, 3.05) is 26.3 Å². The number of hydrogen-bond acceptors (Lipinski definition) is 4. The van der Waals surface area contributed by atoms with E-state index in [1.54, 1.807) is 12.4 Å². The predicted molar refractivity (Wildman–Crippen MR) is 62.8 cm³/mol. The molecule has 0 N–H and O–H groups in total. The lowest BCUT2D eigenvalue weighted by atomic mass is 10.5. The van der Waals surface area contributed by atoms with Crippen LogP contribution < -0.4 is 0 Å². The molecule has 0 aliphatic carbocycles. The Morgan fingerprint density at radius 2 is 2.12 bits per heavy atom. The number of imidazole rings is 1. The summed E-state index contributed by atoms with van der Waals surface area (Å²) in [4.78, 5) is 3.86. The Bertz CT molecular complexity index is 463. The molecule has 1 aliphatic rings. The van der Waals surface area contributed by atoms with Gasteiger partial charge in [0.05, 0.1) is 19.5 Å². The SMILES string of the molecule is C=CC(n1ccnc1)S(=O)(=O)N1CCOCC1. The molecule has 1 unspecified atom stereocenters. The van der Waals surface area contributed by atoms with Gasteiger partial charge in [-0.1, -0.05) is 12.7 Å². The summed E-state index contributed by atoms with van der Waals surface area (Å²) in [5.41, 5.74) is 0. The van der Waals surface area contributed by atoms with Gasteiger partial charge in [0.2, 0.25) is 10.0 Å². The highest BCUT2D eigenvalue weighted by Crippen LogP contribution is 2.21. The Morgan fingerprint density at radius 1 is 1.41 bits per heavy atom. The third-order valence-electron chi connectivity index (χ3n) is 2.66. The maximum absolute atomic E-state index is 12.4. The second kappa shape index (κ2) is 4.99. The van der Waals surface area contributed by atoms with E-state index in [2.05, 4.69) is 11.6 Å². The average molecular weight is 257 g/mol. The zero-order valence-corrected chi connectivity index (χ0v) is 10.2. The number of hydrogen-bond donors (Lipinski definition) is 0. The van der Waals surface area contributed by atoms with Gasteiger partial charge in [-0.05, 0) is 0 Å². The van der Waals surface area contributed by atoms with Gasteiger partial charge in [0, 0.05) is 25.5 Å². The summed E-state index contributed by atoms with van der Waals surface area (Å²) in [5, 5.41) is -0.803. The van der Waals surface area contributed by atoms with Crippen molar-refractivity contribution in [2.24, 2.45) is 0 Å². The van der Waals surface area contributed by atoms with Crippen molar-refractivity contribution in [1.82, 2.24) is 13.9 Å². The van der Waals surface area contributed by atoms with Crippen molar-refractivity contribution >= 4 is 10.0 Å². The predicted octanol–water partition coefficient (Wildman–Crippen LogP) is 0.230. The van der Waals surface area contributed by atoms with Crippen molar-refractivity contribution in [1.29, 1.82) is 0 Å². The number of sulfonamides is 1. The lowest BCUT2D eigenvalue weighted by Crippen LogP contribution is -2.43. The van der Waals surface area contributed by atoms with Crippen molar-refractivity contribution in [3.05, 3.63) is 31.4 Å². The summed E-state index contributed by atoms with van der Waals surface area (Å²) in [6.07, 6.45) is 6.05. The molecule has 2 rings (SSSR count). The quantitative estimate of drug-likeness (QED) is 0.724. The molecule has 1 aromatic heterocycles. The first kappa shape index (κ1) is 12.3. The minimum Gasteiger partial charge on any atom is -0.379 e. The number of nitrogens with zero attached hydrogens (tertiary/aromatic N) is 3. The molecule has 6 nitrogen and oxygen atoms in total. The fourth-order valence-electron chi connectivity index (χ4n) is 1.77. The fourth-order valence-corrected chi connectivity index (χ4v) is 3.41. The first-order valence-electron chi connectivity index (χ1n) is 5.33. The lowest BCUT2D eigenvalue weighted by Gasteiger charge is -2.29. The summed E-state index contributed by atoms with van der Waals surface area (Å²) in [7, 11) is -3.44. The van der Waals surface area contributed by atoms with Gasteiger partial charge in [-0.15, -0.1) is 0 Å². The van der Waals surface area contributed by atoms with Gasteiger partial charge in [-0.3, -0.25) is 0 Å². The molecule has 0 aromatic carbocycles. The second-order valence-corrected chi connectivity index (χ2v) is 5.72. The van der Waals surface area contributed by atoms with E-state index in [-0.39, 0.29) is 0 Å². The van der Waals surface area contributed by atoms with Crippen LogP contribution in [-0.2, 0) is 14.8 Å². The van der Waals surface area contributed by atoms with E-state index in [1.807, 2.05) is 0 Å². The number of ether oxygens (including phenoxy) is 1. The molecular weight excluding hydrogens is 242 g/mol. The third-order valence-corrected chi connectivity index (χ3v) is 4.79. The minimum absolute atomic E-state index is 0.390. The number of aromatic nitrogens is 2. The minimum atomic E-state index is -3.44. The molecule has 7 heteroatoms. The third kappa shape index (κ3) is 2.41. The van der Waals surface area contributed by atoms with Crippen LogP contribution in [0.3, 0.4) is 0 Å². The first-order chi connectivity index (χ1) is 8.16. The van der Waals surface area contributed by atoms with E-state index >= 15 is 0 Å². The van der Waals surface area contributed by atoms with Crippen LogP contribution in [0.1, 0.15) is 5.37 Å². The summed E-state index contributed by atoms with van der Waals surface area (Å²) >= 11 is 0.